The number of hydrogen-bond acceptors (Lipinski definition) is 5. The van der Waals surface area contributed by atoms with Crippen molar-refractivity contribution in [2.45, 2.75) is 19.3 Å². The Morgan fingerprint density at radius 2 is 1.53 bits per heavy atom. The van der Waals surface area contributed by atoms with Crippen LogP contribution in [0.4, 0.5) is 5.69 Å². The fourth-order valence-corrected chi connectivity index (χ4v) is 4.10. The largest absolute Gasteiger partial charge is 0.506 e. The van der Waals surface area contributed by atoms with Gasteiger partial charge in [-0.25, -0.2) is 4.90 Å². The lowest BCUT2D eigenvalue weighted by molar-refractivity contribution is -0.138. The van der Waals surface area contributed by atoms with Crippen molar-refractivity contribution in [1.29, 1.82) is 0 Å². The van der Waals surface area contributed by atoms with E-state index in [0.717, 1.165) is 4.90 Å². The van der Waals surface area contributed by atoms with Gasteiger partial charge in [-0.3, -0.25) is 14.4 Å². The molecule has 0 aromatic heterocycles. The Balaban J connectivity index is 1.86. The summed E-state index contributed by atoms with van der Waals surface area (Å²) < 4.78 is 0. The van der Waals surface area contributed by atoms with E-state index in [2.05, 4.69) is 0 Å². The number of carboxylic acid groups (broad SMARTS) is 1. The summed E-state index contributed by atoms with van der Waals surface area (Å²) in [6.45, 7) is 1.72. The smallest absolute Gasteiger partial charge is 0.310 e. The second-order valence-electron chi connectivity index (χ2n) is 6.95. The molecule has 1 aliphatic rings. The summed E-state index contributed by atoms with van der Waals surface area (Å²) in [6.07, 6.45) is 0.340. The van der Waals surface area contributed by atoms with Crippen LogP contribution in [0.2, 0.25) is 5.02 Å². The number of anilines is 1. The lowest BCUT2D eigenvalue weighted by atomic mass is 9.96. The van der Waals surface area contributed by atoms with Gasteiger partial charge in [0.1, 0.15) is 11.5 Å². The van der Waals surface area contributed by atoms with Crippen LogP contribution in [0.25, 0.3) is 10.8 Å². The first-order chi connectivity index (χ1) is 14.3. The molecular weight excluding hydrogens is 410 g/mol. The summed E-state index contributed by atoms with van der Waals surface area (Å²) >= 11 is 6.31. The molecule has 0 spiro atoms. The van der Waals surface area contributed by atoms with Crippen molar-refractivity contribution in [2.75, 3.05) is 4.90 Å². The van der Waals surface area contributed by atoms with Gasteiger partial charge in [-0.05, 0) is 24.1 Å². The fraction of sp³-hybridized carbons (Fsp3) is 0.136. The van der Waals surface area contributed by atoms with E-state index in [0.29, 0.717) is 12.0 Å². The molecule has 3 aromatic rings. The van der Waals surface area contributed by atoms with E-state index in [1.807, 2.05) is 0 Å². The lowest BCUT2D eigenvalue weighted by Gasteiger charge is -2.18. The summed E-state index contributed by atoms with van der Waals surface area (Å²) in [5.41, 5.74) is -0.122. The highest BCUT2D eigenvalue weighted by Crippen LogP contribution is 2.45. The maximum Gasteiger partial charge on any atom is 0.310 e. The maximum absolute atomic E-state index is 13.0. The highest BCUT2D eigenvalue weighted by molar-refractivity contribution is 6.41. The molecule has 2 amide bonds. The van der Waals surface area contributed by atoms with Crippen LogP contribution >= 0.6 is 11.6 Å². The van der Waals surface area contributed by atoms with Crippen molar-refractivity contribution in [2.24, 2.45) is 0 Å². The second-order valence-corrected chi connectivity index (χ2v) is 7.36. The molecule has 7 nitrogen and oxygen atoms in total. The number of imide groups is 1. The third kappa shape index (κ3) is 2.70. The van der Waals surface area contributed by atoms with E-state index in [-0.39, 0.29) is 32.6 Å². The first-order valence-electron chi connectivity index (χ1n) is 9.15. The summed E-state index contributed by atoms with van der Waals surface area (Å²) in [4.78, 5) is 38.3. The first-order valence-corrected chi connectivity index (χ1v) is 9.53. The van der Waals surface area contributed by atoms with Gasteiger partial charge in [-0.2, -0.15) is 0 Å². The van der Waals surface area contributed by atoms with Gasteiger partial charge in [0.15, 0.2) is 0 Å². The van der Waals surface area contributed by atoms with Gasteiger partial charge in [-0.1, -0.05) is 48.9 Å². The SMILES string of the molecule is CCC(C(=O)O)c1ccc(N2C(=O)c3c(c(O)c4ccccc4c3O)C2=O)c(Cl)c1. The Bertz CT molecular complexity index is 1190. The number of nitrogens with zero attached hydrogens (tertiary/aromatic N) is 1. The molecule has 0 saturated heterocycles. The topological polar surface area (TPSA) is 115 Å². The third-order valence-corrected chi connectivity index (χ3v) is 5.62. The van der Waals surface area contributed by atoms with E-state index < -0.39 is 35.2 Å². The Morgan fingerprint density at radius 1 is 1.00 bits per heavy atom. The molecule has 0 aliphatic carbocycles. The molecule has 3 aromatic carbocycles. The zero-order chi connectivity index (χ0) is 21.7. The molecule has 8 heteroatoms. The number of halogens is 1. The maximum atomic E-state index is 13.0. The average Bonchev–Trinajstić information content (AvgIpc) is 2.97. The molecule has 0 bridgehead atoms. The third-order valence-electron chi connectivity index (χ3n) is 5.32. The van der Waals surface area contributed by atoms with Crippen LogP contribution < -0.4 is 4.90 Å². The molecule has 1 atom stereocenters. The summed E-state index contributed by atoms with van der Waals surface area (Å²) in [5.74, 6) is -4.24. The van der Waals surface area contributed by atoms with Crippen molar-refractivity contribution in [3.63, 3.8) is 0 Å². The molecule has 1 heterocycles. The molecule has 152 valence electrons. The van der Waals surface area contributed by atoms with Gasteiger partial charge in [-0.15, -0.1) is 0 Å². The van der Waals surface area contributed by atoms with E-state index in [4.69, 9.17) is 11.6 Å². The Kier molecular flexibility index (Phi) is 4.63. The summed E-state index contributed by atoms with van der Waals surface area (Å²) in [7, 11) is 0. The first kappa shape index (κ1) is 19.7. The molecule has 1 unspecified atom stereocenters. The van der Waals surface area contributed by atoms with E-state index in [9.17, 15) is 29.7 Å². The van der Waals surface area contributed by atoms with E-state index >= 15 is 0 Å². The van der Waals surface area contributed by atoms with Crippen LogP contribution in [-0.4, -0.2) is 33.1 Å². The number of amides is 2. The van der Waals surface area contributed by atoms with Crippen LogP contribution in [0.15, 0.2) is 42.5 Å². The van der Waals surface area contributed by atoms with Gasteiger partial charge in [0.05, 0.1) is 27.8 Å². The fourth-order valence-electron chi connectivity index (χ4n) is 3.83. The highest BCUT2D eigenvalue weighted by atomic mass is 35.5. The van der Waals surface area contributed by atoms with Gasteiger partial charge < -0.3 is 15.3 Å². The zero-order valence-electron chi connectivity index (χ0n) is 15.7. The number of hydrogen-bond donors (Lipinski definition) is 3. The van der Waals surface area contributed by atoms with Crippen LogP contribution in [0, 0.1) is 0 Å². The molecule has 3 N–H and O–H groups in total. The second kappa shape index (κ2) is 7.03. The number of aromatic hydroxyl groups is 2. The van der Waals surface area contributed by atoms with Crippen molar-refractivity contribution < 1.29 is 29.7 Å². The standard InChI is InChI=1S/C22H16ClNO6/c1-2-11(22(29)30)10-7-8-15(14(23)9-10)24-20(27)16-17(21(24)28)19(26)13-6-4-3-5-12(13)18(16)25/h3-9,11,25-26H,2H2,1H3,(H,29,30). The summed E-state index contributed by atoms with van der Waals surface area (Å²) in [5, 5.41) is 31.1. The normalized spacial score (nSPS) is 14.3. The molecule has 4 rings (SSSR count). The monoisotopic (exact) mass is 425 g/mol. The quantitative estimate of drug-likeness (QED) is 0.424. The number of carboxylic acids is 1. The van der Waals surface area contributed by atoms with Crippen LogP contribution in [-0.2, 0) is 4.79 Å². The lowest BCUT2D eigenvalue weighted by Crippen LogP contribution is -2.29. The van der Waals surface area contributed by atoms with Gasteiger partial charge in [0.25, 0.3) is 11.8 Å². The summed E-state index contributed by atoms with van der Waals surface area (Å²) in [6, 6.07) is 10.6. The van der Waals surface area contributed by atoms with E-state index in [1.165, 1.54) is 30.3 Å². The average molecular weight is 426 g/mol. The van der Waals surface area contributed by atoms with E-state index in [1.54, 1.807) is 19.1 Å². The Hall–Kier alpha value is -3.58. The minimum absolute atomic E-state index is 0.00485. The van der Waals surface area contributed by atoms with Gasteiger partial charge >= 0.3 is 5.97 Å². The number of carbonyl (C=O) groups is 3. The zero-order valence-corrected chi connectivity index (χ0v) is 16.5. The minimum atomic E-state index is -1.01. The van der Waals surface area contributed by atoms with Crippen LogP contribution in [0.1, 0.15) is 45.5 Å². The van der Waals surface area contributed by atoms with Crippen molar-refractivity contribution in [1.82, 2.24) is 0 Å². The molecular formula is C22H16ClNO6. The molecule has 1 aliphatic heterocycles. The van der Waals surface area contributed by atoms with Crippen molar-refractivity contribution in [3.05, 3.63) is 64.2 Å². The number of rotatable bonds is 4. The molecule has 30 heavy (non-hydrogen) atoms. The Morgan fingerprint density at radius 3 is 1.97 bits per heavy atom. The van der Waals surface area contributed by atoms with Crippen LogP contribution in [0.3, 0.4) is 0 Å². The number of phenols is 2. The van der Waals surface area contributed by atoms with Crippen molar-refractivity contribution in [3.8, 4) is 11.5 Å². The number of fused-ring (bicyclic) bond motifs is 2. The van der Waals surface area contributed by atoms with Crippen molar-refractivity contribution >= 4 is 45.8 Å². The molecule has 0 radical (unpaired) electrons. The van der Waals surface area contributed by atoms with Gasteiger partial charge in [0, 0.05) is 10.8 Å². The minimum Gasteiger partial charge on any atom is -0.506 e. The highest BCUT2D eigenvalue weighted by Gasteiger charge is 2.43. The number of benzene rings is 3. The molecule has 0 fully saturated rings. The predicted molar refractivity (Wildman–Crippen MR) is 111 cm³/mol. The predicted octanol–water partition coefficient (Wildman–Crippen LogP) is 4.28. The Labute approximate surface area is 175 Å². The van der Waals surface area contributed by atoms with Gasteiger partial charge in [0.2, 0.25) is 0 Å². The number of aliphatic carboxylic acids is 1. The van der Waals surface area contributed by atoms with Crippen LogP contribution in [0.5, 0.6) is 11.5 Å². The number of phenolic OH excluding ortho intramolecular Hbond substituents is 2. The molecule has 0 saturated carbocycles. The number of carbonyl (C=O) groups excluding carboxylic acids is 2.